The molecule has 0 amide bonds. The molecule has 25 heavy (non-hydrogen) atoms. The Morgan fingerprint density at radius 1 is 0.960 bits per heavy atom. The third-order valence-electron chi connectivity index (χ3n) is 3.70. The molecule has 0 atom stereocenters. The lowest BCUT2D eigenvalue weighted by atomic mass is 10.1. The van der Waals surface area contributed by atoms with Gasteiger partial charge < -0.3 is 9.47 Å². The van der Waals surface area contributed by atoms with Crippen LogP contribution < -0.4 is 4.74 Å². The van der Waals surface area contributed by atoms with Crippen LogP contribution in [0.4, 0.5) is 0 Å². The lowest BCUT2D eigenvalue weighted by Crippen LogP contribution is -2.04. The SMILES string of the molecule is CCOC(=O)c1ccc(-c2ccnc(-c3ccc(OC)cc3)n2)cc1. The van der Waals surface area contributed by atoms with Gasteiger partial charge in [-0.25, -0.2) is 14.8 Å². The molecule has 0 spiro atoms. The standard InChI is InChI=1S/C20H18N2O3/c1-3-25-20(23)16-6-4-14(5-7-16)18-12-13-21-19(22-18)15-8-10-17(24-2)11-9-15/h4-13H,3H2,1-2H3. The fourth-order valence-corrected chi connectivity index (χ4v) is 2.39. The monoisotopic (exact) mass is 334 g/mol. The Labute approximate surface area is 146 Å². The summed E-state index contributed by atoms with van der Waals surface area (Å²) in [5, 5.41) is 0. The number of ether oxygens (including phenoxy) is 2. The predicted octanol–water partition coefficient (Wildman–Crippen LogP) is 4.00. The molecule has 0 aliphatic rings. The number of nitrogens with zero attached hydrogens (tertiary/aromatic N) is 2. The van der Waals surface area contributed by atoms with Crippen LogP contribution in [-0.2, 0) is 4.74 Å². The van der Waals surface area contributed by atoms with Gasteiger partial charge in [-0.2, -0.15) is 0 Å². The molecule has 3 rings (SSSR count). The van der Waals surface area contributed by atoms with Crippen molar-refractivity contribution in [3.8, 4) is 28.4 Å². The van der Waals surface area contributed by atoms with E-state index in [0.717, 1.165) is 22.6 Å². The third-order valence-corrected chi connectivity index (χ3v) is 3.70. The third kappa shape index (κ3) is 3.83. The Balaban J connectivity index is 1.86. The second-order valence-corrected chi connectivity index (χ2v) is 5.29. The van der Waals surface area contributed by atoms with Crippen molar-refractivity contribution in [3.05, 3.63) is 66.4 Å². The van der Waals surface area contributed by atoms with E-state index in [2.05, 4.69) is 9.97 Å². The van der Waals surface area contributed by atoms with Gasteiger partial charge in [0.15, 0.2) is 5.82 Å². The minimum atomic E-state index is -0.323. The summed E-state index contributed by atoms with van der Waals surface area (Å²) < 4.78 is 10.2. The number of benzene rings is 2. The van der Waals surface area contributed by atoms with E-state index in [4.69, 9.17) is 9.47 Å². The van der Waals surface area contributed by atoms with Crippen LogP contribution in [0.5, 0.6) is 5.75 Å². The van der Waals surface area contributed by atoms with E-state index in [1.165, 1.54) is 0 Å². The summed E-state index contributed by atoms with van der Waals surface area (Å²) >= 11 is 0. The van der Waals surface area contributed by atoms with Gasteiger partial charge in [0.2, 0.25) is 0 Å². The first-order chi connectivity index (χ1) is 12.2. The van der Waals surface area contributed by atoms with Crippen molar-refractivity contribution in [1.82, 2.24) is 9.97 Å². The highest BCUT2D eigenvalue weighted by atomic mass is 16.5. The highest BCUT2D eigenvalue weighted by molar-refractivity contribution is 5.90. The summed E-state index contributed by atoms with van der Waals surface area (Å²) in [6, 6.07) is 16.6. The Bertz CT molecular complexity index is 859. The molecule has 1 aromatic heterocycles. The van der Waals surface area contributed by atoms with E-state index in [-0.39, 0.29) is 5.97 Å². The number of carbonyl (C=O) groups is 1. The highest BCUT2D eigenvalue weighted by Crippen LogP contribution is 2.23. The highest BCUT2D eigenvalue weighted by Gasteiger charge is 2.08. The first-order valence-corrected chi connectivity index (χ1v) is 7.96. The summed E-state index contributed by atoms with van der Waals surface area (Å²) in [6.07, 6.45) is 1.72. The molecule has 2 aromatic carbocycles. The molecule has 0 N–H and O–H groups in total. The smallest absolute Gasteiger partial charge is 0.338 e. The molecule has 1 heterocycles. The Kier molecular flexibility index (Phi) is 5.04. The Morgan fingerprint density at radius 2 is 1.64 bits per heavy atom. The van der Waals surface area contributed by atoms with Crippen molar-refractivity contribution < 1.29 is 14.3 Å². The van der Waals surface area contributed by atoms with Crippen LogP contribution in [0.2, 0.25) is 0 Å². The van der Waals surface area contributed by atoms with E-state index in [1.807, 2.05) is 42.5 Å². The number of hydrogen-bond donors (Lipinski definition) is 0. The van der Waals surface area contributed by atoms with E-state index in [0.29, 0.717) is 18.0 Å². The number of aromatic nitrogens is 2. The minimum Gasteiger partial charge on any atom is -0.497 e. The van der Waals surface area contributed by atoms with Gasteiger partial charge in [-0.05, 0) is 49.4 Å². The fraction of sp³-hybridized carbons (Fsp3) is 0.150. The van der Waals surface area contributed by atoms with E-state index in [9.17, 15) is 4.79 Å². The van der Waals surface area contributed by atoms with Gasteiger partial charge >= 0.3 is 5.97 Å². The van der Waals surface area contributed by atoms with Gasteiger partial charge in [0, 0.05) is 17.3 Å². The fourth-order valence-electron chi connectivity index (χ4n) is 2.39. The molecule has 0 saturated heterocycles. The second kappa shape index (κ2) is 7.57. The molecule has 0 fully saturated rings. The average molecular weight is 334 g/mol. The Hall–Kier alpha value is -3.21. The van der Waals surface area contributed by atoms with Crippen molar-refractivity contribution in [2.45, 2.75) is 6.92 Å². The topological polar surface area (TPSA) is 61.3 Å². The minimum absolute atomic E-state index is 0.323. The van der Waals surface area contributed by atoms with Crippen LogP contribution >= 0.6 is 0 Å². The average Bonchev–Trinajstić information content (AvgIpc) is 2.68. The largest absolute Gasteiger partial charge is 0.497 e. The zero-order valence-corrected chi connectivity index (χ0v) is 14.1. The molecule has 0 aliphatic heterocycles. The zero-order chi connectivity index (χ0) is 17.6. The lowest BCUT2D eigenvalue weighted by molar-refractivity contribution is 0.0526. The molecule has 0 bridgehead atoms. The molecule has 126 valence electrons. The number of hydrogen-bond acceptors (Lipinski definition) is 5. The molecule has 0 aliphatic carbocycles. The van der Waals surface area contributed by atoms with E-state index >= 15 is 0 Å². The molecule has 3 aromatic rings. The zero-order valence-electron chi connectivity index (χ0n) is 14.1. The quantitative estimate of drug-likeness (QED) is 0.660. The maximum Gasteiger partial charge on any atom is 0.338 e. The van der Waals surface area contributed by atoms with Gasteiger partial charge in [-0.3, -0.25) is 0 Å². The van der Waals surface area contributed by atoms with Crippen LogP contribution in [0.25, 0.3) is 22.6 Å². The van der Waals surface area contributed by atoms with Crippen molar-refractivity contribution >= 4 is 5.97 Å². The first-order valence-electron chi connectivity index (χ1n) is 7.96. The van der Waals surface area contributed by atoms with Gasteiger partial charge in [-0.15, -0.1) is 0 Å². The van der Waals surface area contributed by atoms with Crippen LogP contribution in [0.15, 0.2) is 60.8 Å². The number of methoxy groups -OCH3 is 1. The molecule has 0 unspecified atom stereocenters. The van der Waals surface area contributed by atoms with E-state index in [1.54, 1.807) is 32.4 Å². The van der Waals surface area contributed by atoms with Gasteiger partial charge in [0.1, 0.15) is 5.75 Å². The molecule has 0 saturated carbocycles. The Morgan fingerprint density at radius 3 is 2.28 bits per heavy atom. The molecule has 5 nitrogen and oxygen atoms in total. The normalized spacial score (nSPS) is 10.3. The summed E-state index contributed by atoms with van der Waals surface area (Å²) in [4.78, 5) is 20.7. The summed E-state index contributed by atoms with van der Waals surface area (Å²) in [5.74, 6) is 1.10. The van der Waals surface area contributed by atoms with Gasteiger partial charge in [-0.1, -0.05) is 12.1 Å². The number of esters is 1. The van der Waals surface area contributed by atoms with Crippen molar-refractivity contribution in [2.75, 3.05) is 13.7 Å². The van der Waals surface area contributed by atoms with Crippen LogP contribution in [0, 0.1) is 0 Å². The predicted molar refractivity (Wildman–Crippen MR) is 95.4 cm³/mol. The summed E-state index contributed by atoms with van der Waals surface area (Å²) in [6.45, 7) is 2.14. The van der Waals surface area contributed by atoms with Crippen LogP contribution in [0.1, 0.15) is 17.3 Å². The van der Waals surface area contributed by atoms with Gasteiger partial charge in [0.25, 0.3) is 0 Å². The maximum absolute atomic E-state index is 11.7. The number of carbonyl (C=O) groups excluding carboxylic acids is 1. The van der Waals surface area contributed by atoms with E-state index < -0.39 is 0 Å². The summed E-state index contributed by atoms with van der Waals surface area (Å²) in [5.41, 5.74) is 3.13. The summed E-state index contributed by atoms with van der Waals surface area (Å²) in [7, 11) is 1.63. The van der Waals surface area contributed by atoms with Crippen molar-refractivity contribution in [3.63, 3.8) is 0 Å². The van der Waals surface area contributed by atoms with Crippen molar-refractivity contribution in [1.29, 1.82) is 0 Å². The first kappa shape index (κ1) is 16.6. The molecule has 0 radical (unpaired) electrons. The van der Waals surface area contributed by atoms with Crippen LogP contribution in [-0.4, -0.2) is 29.7 Å². The molecule has 5 heteroatoms. The molecular formula is C20H18N2O3. The maximum atomic E-state index is 11.7. The van der Waals surface area contributed by atoms with Crippen molar-refractivity contribution in [2.24, 2.45) is 0 Å². The molecular weight excluding hydrogens is 316 g/mol. The lowest BCUT2D eigenvalue weighted by Gasteiger charge is -2.06. The second-order valence-electron chi connectivity index (χ2n) is 5.29. The number of rotatable bonds is 5. The van der Waals surface area contributed by atoms with Crippen LogP contribution in [0.3, 0.4) is 0 Å². The van der Waals surface area contributed by atoms with Gasteiger partial charge in [0.05, 0.1) is 25.0 Å².